The van der Waals surface area contributed by atoms with E-state index in [4.69, 9.17) is 0 Å². The van der Waals surface area contributed by atoms with Gasteiger partial charge >= 0.3 is 12.4 Å². The molecule has 0 aromatic heterocycles. The topological polar surface area (TPSA) is 20.3 Å². The van der Waals surface area contributed by atoms with E-state index in [1.54, 1.807) is 31.2 Å². The lowest BCUT2D eigenvalue weighted by atomic mass is 10.0. The smallest absolute Gasteiger partial charge is 0.311 e. The average Bonchev–Trinajstić information content (AvgIpc) is 2.52. The minimum Gasteiger partial charge on any atom is -0.311 e. The third-order valence-corrected chi connectivity index (χ3v) is 3.56. The van der Waals surface area contributed by atoms with Crippen molar-refractivity contribution in [2.45, 2.75) is 19.3 Å². The molecule has 0 atom stereocenters. The maximum atomic E-state index is 12.9. The first-order chi connectivity index (χ1) is 11.4. The van der Waals surface area contributed by atoms with Crippen molar-refractivity contribution in [3.63, 3.8) is 0 Å². The van der Waals surface area contributed by atoms with Gasteiger partial charge in [0, 0.05) is 18.3 Å². The number of hydrogen-bond donors (Lipinski definition) is 0. The number of carbonyl (C=O) groups is 1. The highest BCUT2D eigenvalue weighted by Crippen LogP contribution is 2.36. The molecule has 25 heavy (non-hydrogen) atoms. The summed E-state index contributed by atoms with van der Waals surface area (Å²) in [6.45, 7) is 1.80. The van der Waals surface area contributed by atoms with E-state index in [0.717, 1.165) is 10.5 Å². The van der Waals surface area contributed by atoms with Crippen LogP contribution in [0.25, 0.3) is 0 Å². The molecule has 2 aromatic carbocycles. The van der Waals surface area contributed by atoms with Crippen LogP contribution in [0.15, 0.2) is 42.5 Å². The first-order valence-electron chi connectivity index (χ1n) is 7.04. The van der Waals surface area contributed by atoms with Gasteiger partial charge in [0.15, 0.2) is 0 Å². The molecule has 8 heteroatoms. The second-order valence-electron chi connectivity index (χ2n) is 5.49. The Hall–Kier alpha value is -2.51. The number of hydrogen-bond acceptors (Lipinski definition) is 1. The van der Waals surface area contributed by atoms with Crippen LogP contribution >= 0.6 is 0 Å². The Bertz CT molecular complexity index is 745. The Kier molecular flexibility index (Phi) is 4.83. The molecule has 0 saturated heterocycles. The predicted molar refractivity (Wildman–Crippen MR) is 80.4 cm³/mol. The van der Waals surface area contributed by atoms with Crippen molar-refractivity contribution in [1.29, 1.82) is 0 Å². The van der Waals surface area contributed by atoms with Crippen LogP contribution in [-0.4, -0.2) is 13.0 Å². The molecule has 2 nitrogen and oxygen atoms in total. The number of anilines is 1. The fraction of sp³-hybridized carbons (Fsp3) is 0.235. The van der Waals surface area contributed by atoms with Crippen LogP contribution in [0.1, 0.15) is 27.0 Å². The van der Waals surface area contributed by atoms with Crippen LogP contribution in [-0.2, 0) is 12.4 Å². The van der Waals surface area contributed by atoms with Crippen LogP contribution in [0.5, 0.6) is 0 Å². The van der Waals surface area contributed by atoms with Crippen LogP contribution in [0.3, 0.4) is 0 Å². The summed E-state index contributed by atoms with van der Waals surface area (Å²) in [5, 5.41) is 0. The summed E-state index contributed by atoms with van der Waals surface area (Å²) >= 11 is 0. The number of nitrogens with zero attached hydrogens (tertiary/aromatic N) is 1. The number of rotatable bonds is 2. The Morgan fingerprint density at radius 2 is 1.28 bits per heavy atom. The van der Waals surface area contributed by atoms with Gasteiger partial charge in [-0.15, -0.1) is 0 Å². The molecule has 0 N–H and O–H groups in total. The molecule has 0 saturated carbocycles. The standard InChI is InChI=1S/C17H13F6NO/c1-10-3-5-14(6-4-10)24(2)15(25)11-7-12(16(18,19)20)9-13(8-11)17(21,22)23/h3-9H,1-2H3. The SMILES string of the molecule is Cc1ccc(N(C)C(=O)c2cc(C(F)(F)F)cc(C(F)(F)F)c2)cc1. The fourth-order valence-electron chi connectivity index (χ4n) is 2.16. The average molecular weight is 361 g/mol. The molecule has 0 heterocycles. The van der Waals surface area contributed by atoms with Crippen molar-refractivity contribution in [3.05, 3.63) is 64.7 Å². The summed E-state index contributed by atoms with van der Waals surface area (Å²) in [4.78, 5) is 13.4. The zero-order valence-corrected chi connectivity index (χ0v) is 13.2. The van der Waals surface area contributed by atoms with E-state index in [0.29, 0.717) is 17.8 Å². The molecule has 0 fully saturated rings. The zero-order chi connectivity index (χ0) is 19.0. The van der Waals surface area contributed by atoms with E-state index < -0.39 is 35.0 Å². The normalized spacial score (nSPS) is 12.2. The van der Waals surface area contributed by atoms with E-state index >= 15 is 0 Å². The van der Waals surface area contributed by atoms with E-state index in [1.807, 2.05) is 0 Å². The summed E-state index contributed by atoms with van der Waals surface area (Å²) < 4.78 is 77.3. The highest BCUT2D eigenvalue weighted by atomic mass is 19.4. The second kappa shape index (κ2) is 6.42. The number of carbonyl (C=O) groups excluding carboxylic acids is 1. The highest BCUT2D eigenvalue weighted by Gasteiger charge is 2.37. The van der Waals surface area contributed by atoms with Crippen molar-refractivity contribution < 1.29 is 31.1 Å². The number of benzene rings is 2. The lowest BCUT2D eigenvalue weighted by molar-refractivity contribution is -0.143. The third kappa shape index (κ3) is 4.32. The summed E-state index contributed by atoms with van der Waals surface area (Å²) in [6.07, 6.45) is -10.0. The molecule has 1 amide bonds. The van der Waals surface area contributed by atoms with Crippen molar-refractivity contribution in [2.75, 3.05) is 11.9 Å². The molecular weight excluding hydrogens is 348 g/mol. The molecule has 0 bridgehead atoms. The summed E-state index contributed by atoms with van der Waals surface area (Å²) in [7, 11) is 1.28. The molecule has 2 aromatic rings. The maximum Gasteiger partial charge on any atom is 0.416 e. The Balaban J connectivity index is 2.49. The Labute approximate surface area is 139 Å². The van der Waals surface area contributed by atoms with Gasteiger partial charge in [-0.3, -0.25) is 4.79 Å². The third-order valence-electron chi connectivity index (χ3n) is 3.56. The molecule has 0 aliphatic heterocycles. The highest BCUT2D eigenvalue weighted by molar-refractivity contribution is 6.06. The molecule has 0 aliphatic carbocycles. The van der Waals surface area contributed by atoms with Crippen molar-refractivity contribution in [1.82, 2.24) is 0 Å². The Morgan fingerprint density at radius 1 is 0.840 bits per heavy atom. The van der Waals surface area contributed by atoms with Gasteiger partial charge in [0.2, 0.25) is 0 Å². The minimum atomic E-state index is -5.00. The minimum absolute atomic E-state index is 0.0113. The quantitative estimate of drug-likeness (QED) is 0.664. The first kappa shape index (κ1) is 18.8. The summed E-state index contributed by atoms with van der Waals surface area (Å²) in [5.41, 5.74) is -2.50. The molecule has 0 spiro atoms. The first-order valence-corrected chi connectivity index (χ1v) is 7.04. The zero-order valence-electron chi connectivity index (χ0n) is 13.2. The summed E-state index contributed by atoms with van der Waals surface area (Å²) in [5.74, 6) is -0.972. The monoisotopic (exact) mass is 361 g/mol. The van der Waals surface area contributed by atoms with Crippen LogP contribution in [0.2, 0.25) is 0 Å². The number of alkyl halides is 6. The van der Waals surface area contributed by atoms with Gasteiger partial charge in [-0.25, -0.2) is 0 Å². The lowest BCUT2D eigenvalue weighted by Gasteiger charge is -2.20. The maximum absolute atomic E-state index is 12.9. The van der Waals surface area contributed by atoms with Crippen molar-refractivity contribution in [3.8, 4) is 0 Å². The van der Waals surface area contributed by atoms with E-state index in [2.05, 4.69) is 0 Å². The predicted octanol–water partition coefficient (Wildman–Crippen LogP) is 5.31. The largest absolute Gasteiger partial charge is 0.416 e. The number of halogens is 6. The van der Waals surface area contributed by atoms with E-state index in [9.17, 15) is 31.1 Å². The van der Waals surface area contributed by atoms with Crippen molar-refractivity contribution in [2.24, 2.45) is 0 Å². The Morgan fingerprint density at radius 3 is 1.68 bits per heavy atom. The van der Waals surface area contributed by atoms with Gasteiger partial charge in [0.1, 0.15) is 0 Å². The van der Waals surface area contributed by atoms with E-state index in [-0.39, 0.29) is 6.07 Å². The number of aryl methyl sites for hydroxylation is 1. The molecule has 0 aliphatic rings. The van der Waals surface area contributed by atoms with Gasteiger partial charge in [-0.2, -0.15) is 26.3 Å². The lowest BCUT2D eigenvalue weighted by Crippen LogP contribution is -2.27. The van der Waals surface area contributed by atoms with Crippen LogP contribution in [0, 0.1) is 6.92 Å². The van der Waals surface area contributed by atoms with Gasteiger partial charge in [0.25, 0.3) is 5.91 Å². The van der Waals surface area contributed by atoms with Gasteiger partial charge in [-0.1, -0.05) is 17.7 Å². The van der Waals surface area contributed by atoms with E-state index in [1.165, 1.54) is 7.05 Å². The molecule has 0 unspecified atom stereocenters. The second-order valence-corrected chi connectivity index (χ2v) is 5.49. The fourth-order valence-corrected chi connectivity index (χ4v) is 2.16. The van der Waals surface area contributed by atoms with Gasteiger partial charge < -0.3 is 4.90 Å². The summed E-state index contributed by atoms with van der Waals surface area (Å²) in [6, 6.07) is 7.27. The van der Waals surface area contributed by atoms with Gasteiger partial charge in [0.05, 0.1) is 11.1 Å². The molecule has 2 rings (SSSR count). The number of amides is 1. The molecule has 134 valence electrons. The van der Waals surface area contributed by atoms with Crippen molar-refractivity contribution >= 4 is 11.6 Å². The van der Waals surface area contributed by atoms with Crippen LogP contribution < -0.4 is 4.90 Å². The van der Waals surface area contributed by atoms with Crippen LogP contribution in [0.4, 0.5) is 32.0 Å². The molecular formula is C17H13F6NO. The molecule has 0 radical (unpaired) electrons. The van der Waals surface area contributed by atoms with Gasteiger partial charge in [-0.05, 0) is 37.3 Å².